The van der Waals surface area contributed by atoms with Crippen LogP contribution >= 0.6 is 0 Å². The van der Waals surface area contributed by atoms with Crippen molar-refractivity contribution < 1.29 is 4.79 Å². The first kappa shape index (κ1) is 11.1. The Bertz CT molecular complexity index is 235. The number of ketones is 1. The Kier molecular flexibility index (Phi) is 3.45. The van der Waals surface area contributed by atoms with Crippen molar-refractivity contribution in [3.63, 3.8) is 0 Å². The molecule has 2 saturated carbocycles. The zero-order valence-electron chi connectivity index (χ0n) is 10.0. The molecule has 2 aliphatic rings. The molecule has 86 valence electrons. The molecule has 2 unspecified atom stereocenters. The van der Waals surface area contributed by atoms with Gasteiger partial charge in [-0.25, -0.2) is 0 Å². The molecule has 0 radical (unpaired) electrons. The first-order chi connectivity index (χ1) is 7.18. The van der Waals surface area contributed by atoms with Crippen molar-refractivity contribution in [3.8, 4) is 0 Å². The zero-order chi connectivity index (χ0) is 10.8. The average Bonchev–Trinajstić information content (AvgIpc) is 3.01. The molecule has 0 bridgehead atoms. The van der Waals surface area contributed by atoms with Gasteiger partial charge in [0.15, 0.2) is 0 Å². The number of Topliss-reactive ketones (excluding diaryl/α,β-unsaturated/α-hetero) is 1. The number of rotatable bonds is 4. The molecule has 0 heterocycles. The Morgan fingerprint density at radius 1 is 1.20 bits per heavy atom. The molecular formula is C13H23NO. The van der Waals surface area contributed by atoms with E-state index in [9.17, 15) is 4.79 Å². The van der Waals surface area contributed by atoms with E-state index in [0.717, 1.165) is 18.8 Å². The summed E-state index contributed by atoms with van der Waals surface area (Å²) >= 11 is 0. The topological polar surface area (TPSA) is 20.3 Å². The van der Waals surface area contributed by atoms with Crippen LogP contribution in [0.3, 0.4) is 0 Å². The van der Waals surface area contributed by atoms with Gasteiger partial charge in [-0.1, -0.05) is 19.8 Å². The van der Waals surface area contributed by atoms with Gasteiger partial charge in [-0.3, -0.25) is 9.69 Å². The molecule has 0 amide bonds. The summed E-state index contributed by atoms with van der Waals surface area (Å²) in [4.78, 5) is 14.0. The van der Waals surface area contributed by atoms with Crippen LogP contribution in [0.5, 0.6) is 0 Å². The largest absolute Gasteiger partial charge is 0.298 e. The molecule has 0 aromatic rings. The normalized spacial score (nSPS) is 31.9. The lowest BCUT2D eigenvalue weighted by atomic mass is 9.85. The molecule has 0 N–H and O–H groups in total. The van der Waals surface area contributed by atoms with E-state index in [1.54, 1.807) is 0 Å². The minimum Gasteiger partial charge on any atom is -0.298 e. The summed E-state index contributed by atoms with van der Waals surface area (Å²) in [6, 6.07) is 0.654. The molecule has 0 aliphatic heterocycles. The van der Waals surface area contributed by atoms with Crippen LogP contribution in [0.15, 0.2) is 0 Å². The Morgan fingerprint density at radius 2 is 1.87 bits per heavy atom. The fraction of sp³-hybridized carbons (Fsp3) is 0.923. The molecule has 0 spiro atoms. The number of likely N-dealkylation sites (N-methyl/N-ethyl adjacent to an activating group) is 1. The van der Waals surface area contributed by atoms with E-state index in [-0.39, 0.29) is 0 Å². The fourth-order valence-corrected chi connectivity index (χ4v) is 2.85. The third-order valence-electron chi connectivity index (χ3n) is 4.07. The summed E-state index contributed by atoms with van der Waals surface area (Å²) in [5, 5.41) is 0. The molecule has 2 aliphatic carbocycles. The van der Waals surface area contributed by atoms with Crippen molar-refractivity contribution >= 4 is 5.78 Å². The van der Waals surface area contributed by atoms with Crippen molar-refractivity contribution in [1.29, 1.82) is 0 Å². The Labute approximate surface area is 93.0 Å². The second kappa shape index (κ2) is 4.65. The van der Waals surface area contributed by atoms with Crippen LogP contribution in [-0.2, 0) is 4.79 Å². The van der Waals surface area contributed by atoms with Gasteiger partial charge in [-0.2, -0.15) is 0 Å². The van der Waals surface area contributed by atoms with Crippen LogP contribution in [0.2, 0.25) is 0 Å². The van der Waals surface area contributed by atoms with Crippen molar-refractivity contribution in [1.82, 2.24) is 4.90 Å². The van der Waals surface area contributed by atoms with Crippen LogP contribution in [0, 0.1) is 11.8 Å². The molecule has 0 aromatic carbocycles. The number of hydrogen-bond donors (Lipinski definition) is 0. The van der Waals surface area contributed by atoms with Gasteiger partial charge >= 0.3 is 0 Å². The minimum absolute atomic E-state index is 0.423. The summed E-state index contributed by atoms with van der Waals surface area (Å²) in [6.45, 7) is 3.03. The SMILES string of the molecule is CC1CCCCC1N(C)CC(=O)C1CC1. The first-order valence-electron chi connectivity index (χ1n) is 6.41. The predicted molar refractivity (Wildman–Crippen MR) is 61.8 cm³/mol. The Morgan fingerprint density at radius 3 is 2.47 bits per heavy atom. The monoisotopic (exact) mass is 209 g/mol. The number of carbonyl (C=O) groups is 1. The maximum absolute atomic E-state index is 11.7. The fourth-order valence-electron chi connectivity index (χ4n) is 2.85. The van der Waals surface area contributed by atoms with Gasteiger partial charge in [0.2, 0.25) is 0 Å². The highest BCUT2D eigenvalue weighted by Crippen LogP contribution is 2.31. The van der Waals surface area contributed by atoms with Gasteiger partial charge in [0.05, 0.1) is 6.54 Å². The second-order valence-electron chi connectivity index (χ2n) is 5.48. The number of carbonyl (C=O) groups excluding carboxylic acids is 1. The van der Waals surface area contributed by atoms with Gasteiger partial charge in [0, 0.05) is 12.0 Å². The quantitative estimate of drug-likeness (QED) is 0.709. The van der Waals surface area contributed by atoms with Gasteiger partial charge in [0.25, 0.3) is 0 Å². The van der Waals surface area contributed by atoms with Gasteiger partial charge in [0.1, 0.15) is 5.78 Å². The lowest BCUT2D eigenvalue weighted by molar-refractivity contribution is -0.121. The van der Waals surface area contributed by atoms with Crippen molar-refractivity contribution in [2.45, 2.75) is 51.5 Å². The highest BCUT2D eigenvalue weighted by Gasteiger charge is 2.32. The lowest BCUT2D eigenvalue weighted by Gasteiger charge is -2.35. The summed E-state index contributed by atoms with van der Waals surface area (Å²) in [7, 11) is 2.13. The van der Waals surface area contributed by atoms with Crippen LogP contribution in [0.25, 0.3) is 0 Å². The van der Waals surface area contributed by atoms with Crippen LogP contribution in [0.4, 0.5) is 0 Å². The predicted octanol–water partition coefficient (Wildman–Crippen LogP) is 2.48. The molecule has 2 heteroatoms. The lowest BCUT2D eigenvalue weighted by Crippen LogP contribution is -2.41. The Balaban J connectivity index is 1.82. The summed E-state index contributed by atoms with van der Waals surface area (Å²) in [5.74, 6) is 1.68. The summed E-state index contributed by atoms with van der Waals surface area (Å²) in [6.07, 6.45) is 7.64. The van der Waals surface area contributed by atoms with Crippen LogP contribution < -0.4 is 0 Å². The van der Waals surface area contributed by atoms with E-state index in [2.05, 4.69) is 18.9 Å². The van der Waals surface area contributed by atoms with Crippen molar-refractivity contribution in [2.24, 2.45) is 11.8 Å². The smallest absolute Gasteiger partial charge is 0.149 e. The van der Waals surface area contributed by atoms with E-state index in [4.69, 9.17) is 0 Å². The second-order valence-corrected chi connectivity index (χ2v) is 5.48. The van der Waals surface area contributed by atoms with Gasteiger partial charge in [-0.05, 0) is 38.6 Å². The summed E-state index contributed by atoms with van der Waals surface area (Å²) in [5.41, 5.74) is 0. The van der Waals surface area contributed by atoms with Crippen LogP contribution in [0.1, 0.15) is 45.4 Å². The standard InChI is InChI=1S/C13H23NO/c1-10-5-3-4-6-12(10)14(2)9-13(15)11-7-8-11/h10-12H,3-9H2,1-2H3. The third kappa shape index (κ3) is 2.81. The molecule has 2 nitrogen and oxygen atoms in total. The third-order valence-corrected chi connectivity index (χ3v) is 4.07. The van der Waals surface area contributed by atoms with E-state index in [0.29, 0.717) is 24.3 Å². The van der Waals surface area contributed by atoms with Crippen molar-refractivity contribution in [3.05, 3.63) is 0 Å². The summed E-state index contributed by atoms with van der Waals surface area (Å²) < 4.78 is 0. The maximum atomic E-state index is 11.7. The van der Waals surface area contributed by atoms with Gasteiger partial charge < -0.3 is 0 Å². The number of hydrogen-bond acceptors (Lipinski definition) is 2. The molecule has 2 rings (SSSR count). The van der Waals surface area contributed by atoms with E-state index in [1.807, 2.05) is 0 Å². The van der Waals surface area contributed by atoms with E-state index >= 15 is 0 Å². The number of nitrogens with zero attached hydrogens (tertiary/aromatic N) is 1. The molecule has 0 aromatic heterocycles. The first-order valence-corrected chi connectivity index (χ1v) is 6.41. The zero-order valence-corrected chi connectivity index (χ0v) is 10.0. The molecule has 2 atom stereocenters. The van der Waals surface area contributed by atoms with Gasteiger partial charge in [-0.15, -0.1) is 0 Å². The molecule has 0 saturated heterocycles. The molecule has 2 fully saturated rings. The maximum Gasteiger partial charge on any atom is 0.149 e. The highest BCUT2D eigenvalue weighted by atomic mass is 16.1. The van der Waals surface area contributed by atoms with E-state index < -0.39 is 0 Å². The average molecular weight is 209 g/mol. The van der Waals surface area contributed by atoms with E-state index in [1.165, 1.54) is 25.7 Å². The highest BCUT2D eigenvalue weighted by molar-refractivity contribution is 5.84. The van der Waals surface area contributed by atoms with Crippen LogP contribution in [-0.4, -0.2) is 30.3 Å². The molecular weight excluding hydrogens is 186 g/mol. The Hall–Kier alpha value is -0.370. The minimum atomic E-state index is 0.423. The van der Waals surface area contributed by atoms with Crippen molar-refractivity contribution in [2.75, 3.05) is 13.6 Å². The molecule has 15 heavy (non-hydrogen) atoms.